The van der Waals surface area contributed by atoms with Gasteiger partial charge in [-0.25, -0.2) is 0 Å². The van der Waals surface area contributed by atoms with Crippen molar-refractivity contribution in [3.63, 3.8) is 0 Å². The third-order valence-electron chi connectivity index (χ3n) is 4.57. The molecule has 3 rings (SSSR count). The summed E-state index contributed by atoms with van der Waals surface area (Å²) < 4.78 is 12.4. The molecule has 0 aromatic heterocycles. The van der Waals surface area contributed by atoms with Crippen molar-refractivity contribution in [3.05, 3.63) is 33.3 Å². The van der Waals surface area contributed by atoms with Crippen LogP contribution >= 0.6 is 27.5 Å². The molecule has 0 aliphatic carbocycles. The van der Waals surface area contributed by atoms with Crippen LogP contribution in [0.1, 0.15) is 30.9 Å². The van der Waals surface area contributed by atoms with Gasteiger partial charge in [0.05, 0.1) is 23.3 Å². The maximum Gasteiger partial charge on any atom is 0.0940 e. The summed E-state index contributed by atoms with van der Waals surface area (Å²) >= 11 is 9.92. The summed E-state index contributed by atoms with van der Waals surface area (Å²) in [6, 6.07) is 5.99. The summed E-state index contributed by atoms with van der Waals surface area (Å²) in [7, 11) is 0. The maximum atomic E-state index is 6.44. The highest BCUT2D eigenvalue weighted by molar-refractivity contribution is 9.10. The fourth-order valence-electron chi connectivity index (χ4n) is 3.45. The van der Waals surface area contributed by atoms with Crippen molar-refractivity contribution in [2.24, 2.45) is 11.8 Å². The van der Waals surface area contributed by atoms with Crippen LogP contribution in [0.5, 0.6) is 0 Å². The van der Waals surface area contributed by atoms with Gasteiger partial charge in [0.1, 0.15) is 0 Å². The van der Waals surface area contributed by atoms with Crippen molar-refractivity contribution >= 4 is 27.5 Å². The van der Waals surface area contributed by atoms with E-state index >= 15 is 0 Å². The fourth-order valence-corrected chi connectivity index (χ4v) is 4.08. The van der Waals surface area contributed by atoms with Crippen LogP contribution in [0.3, 0.4) is 0 Å². The van der Waals surface area contributed by atoms with E-state index in [1.54, 1.807) is 0 Å². The predicted molar refractivity (Wildman–Crippen MR) is 86.1 cm³/mol. The van der Waals surface area contributed by atoms with Gasteiger partial charge < -0.3 is 9.47 Å². The third kappa shape index (κ3) is 3.14. The lowest BCUT2D eigenvalue weighted by molar-refractivity contribution is -0.103. The quantitative estimate of drug-likeness (QED) is 0.629. The smallest absolute Gasteiger partial charge is 0.0940 e. The first-order chi connectivity index (χ1) is 10.2. The van der Waals surface area contributed by atoms with Crippen molar-refractivity contribution in [2.75, 3.05) is 19.8 Å². The van der Waals surface area contributed by atoms with E-state index in [0.29, 0.717) is 12.5 Å². The van der Waals surface area contributed by atoms with E-state index in [0.717, 1.165) is 47.5 Å². The average molecular weight is 376 g/mol. The number of hydrazine groups is 1. The Morgan fingerprint density at radius 2 is 2.29 bits per heavy atom. The van der Waals surface area contributed by atoms with Gasteiger partial charge in [-0.15, -0.1) is 0 Å². The lowest BCUT2D eigenvalue weighted by Gasteiger charge is -2.40. The van der Waals surface area contributed by atoms with E-state index in [1.165, 1.54) is 0 Å². The van der Waals surface area contributed by atoms with Crippen LogP contribution in [0.25, 0.3) is 0 Å². The summed E-state index contributed by atoms with van der Waals surface area (Å²) in [4.78, 5) is 0. The van der Waals surface area contributed by atoms with Crippen LogP contribution in [-0.2, 0) is 9.47 Å². The zero-order chi connectivity index (χ0) is 14.9. The van der Waals surface area contributed by atoms with E-state index in [2.05, 4.69) is 21.4 Å². The number of benzene rings is 1. The average Bonchev–Trinajstić information content (AvgIpc) is 2.92. The highest BCUT2D eigenvalue weighted by Gasteiger charge is 2.43. The Bertz CT molecular complexity index is 508. The molecule has 0 radical (unpaired) electrons. The Balaban J connectivity index is 1.84. The van der Waals surface area contributed by atoms with Crippen LogP contribution < -0.4 is 11.3 Å². The minimum absolute atomic E-state index is 0.0244. The highest BCUT2D eigenvalue weighted by atomic mass is 79.9. The van der Waals surface area contributed by atoms with Gasteiger partial charge in [-0.1, -0.05) is 23.7 Å². The summed E-state index contributed by atoms with van der Waals surface area (Å²) in [6.07, 6.45) is 2.89. The molecule has 1 aromatic rings. The van der Waals surface area contributed by atoms with E-state index < -0.39 is 0 Å². The Labute approximate surface area is 138 Å². The molecule has 2 saturated heterocycles. The fraction of sp³-hybridized carbons (Fsp3) is 0.600. The number of rotatable bonds is 3. The molecule has 116 valence electrons. The summed E-state index contributed by atoms with van der Waals surface area (Å²) in [5.74, 6) is 6.23. The number of nitrogens with two attached hydrogens (primary N) is 1. The molecule has 2 aliphatic rings. The van der Waals surface area contributed by atoms with Crippen LogP contribution in [0.4, 0.5) is 0 Å². The number of hydrogen-bond donors (Lipinski definition) is 2. The molecule has 3 N–H and O–H groups in total. The van der Waals surface area contributed by atoms with E-state index in [4.69, 9.17) is 26.9 Å². The minimum Gasteiger partial charge on any atom is -0.378 e. The second kappa shape index (κ2) is 6.52. The van der Waals surface area contributed by atoms with Crippen molar-refractivity contribution in [2.45, 2.75) is 30.9 Å². The van der Waals surface area contributed by atoms with Gasteiger partial charge in [-0.2, -0.15) is 0 Å². The molecule has 0 amide bonds. The molecule has 0 bridgehead atoms. The van der Waals surface area contributed by atoms with Crippen molar-refractivity contribution in [1.82, 2.24) is 5.43 Å². The van der Waals surface area contributed by atoms with Crippen LogP contribution in [0.2, 0.25) is 5.02 Å². The standard InChI is InChI=1S/C15H20BrClN2O2/c16-12-3-1-2-11(13(12)17)14(19-18)10-4-6-21-15(8-10)5-7-20-9-15/h1-3,10,14,19H,4-9,18H2. The normalized spacial score (nSPS) is 30.7. The molecule has 21 heavy (non-hydrogen) atoms. The molecular weight excluding hydrogens is 356 g/mol. The number of hydrogen-bond acceptors (Lipinski definition) is 4. The monoisotopic (exact) mass is 374 g/mol. The zero-order valence-electron chi connectivity index (χ0n) is 11.8. The molecule has 2 fully saturated rings. The van der Waals surface area contributed by atoms with Gasteiger partial charge in [0.2, 0.25) is 0 Å². The van der Waals surface area contributed by atoms with Crippen LogP contribution in [0, 0.1) is 5.92 Å². The van der Waals surface area contributed by atoms with Gasteiger partial charge in [-0.05, 0) is 46.3 Å². The molecule has 2 heterocycles. The van der Waals surface area contributed by atoms with Crippen LogP contribution in [-0.4, -0.2) is 25.4 Å². The first-order valence-corrected chi connectivity index (χ1v) is 8.44. The first-order valence-electron chi connectivity index (χ1n) is 7.27. The zero-order valence-corrected chi connectivity index (χ0v) is 14.1. The Morgan fingerprint density at radius 1 is 1.43 bits per heavy atom. The van der Waals surface area contributed by atoms with Crippen molar-refractivity contribution < 1.29 is 9.47 Å². The Kier molecular flexibility index (Phi) is 4.88. The van der Waals surface area contributed by atoms with Gasteiger partial charge in [0.15, 0.2) is 0 Å². The second-order valence-electron chi connectivity index (χ2n) is 5.87. The summed E-state index contributed by atoms with van der Waals surface area (Å²) in [5, 5.41) is 0.726. The van der Waals surface area contributed by atoms with Gasteiger partial charge >= 0.3 is 0 Å². The molecule has 1 spiro atoms. The van der Waals surface area contributed by atoms with E-state index in [1.807, 2.05) is 18.2 Å². The molecular formula is C15H20BrClN2O2. The van der Waals surface area contributed by atoms with Crippen LogP contribution in [0.15, 0.2) is 22.7 Å². The lowest BCUT2D eigenvalue weighted by atomic mass is 9.79. The number of ether oxygens (including phenoxy) is 2. The number of nitrogens with one attached hydrogen (secondary N) is 1. The van der Waals surface area contributed by atoms with Crippen molar-refractivity contribution in [1.29, 1.82) is 0 Å². The molecule has 0 saturated carbocycles. The molecule has 2 aliphatic heterocycles. The molecule has 4 nitrogen and oxygen atoms in total. The topological polar surface area (TPSA) is 56.5 Å². The predicted octanol–water partition coefficient (Wildman–Crippen LogP) is 3.19. The highest BCUT2D eigenvalue weighted by Crippen LogP contribution is 2.42. The third-order valence-corrected chi connectivity index (χ3v) is 5.88. The number of halogens is 2. The van der Waals surface area contributed by atoms with Gasteiger partial charge in [0.25, 0.3) is 0 Å². The SMILES string of the molecule is NNC(c1cccc(Br)c1Cl)C1CCOC2(CCOC2)C1. The first kappa shape index (κ1) is 15.7. The molecule has 1 aromatic carbocycles. The molecule has 3 atom stereocenters. The summed E-state index contributed by atoms with van der Waals surface area (Å²) in [5.41, 5.74) is 3.87. The van der Waals surface area contributed by atoms with E-state index in [-0.39, 0.29) is 11.6 Å². The lowest BCUT2D eigenvalue weighted by Crippen LogP contribution is -2.45. The Morgan fingerprint density at radius 3 is 3.00 bits per heavy atom. The molecule has 6 heteroatoms. The van der Waals surface area contributed by atoms with E-state index in [9.17, 15) is 0 Å². The minimum atomic E-state index is -0.128. The maximum absolute atomic E-state index is 6.44. The van der Waals surface area contributed by atoms with Gasteiger partial charge in [-0.3, -0.25) is 11.3 Å². The molecule has 3 unspecified atom stereocenters. The van der Waals surface area contributed by atoms with Crippen molar-refractivity contribution in [3.8, 4) is 0 Å². The summed E-state index contributed by atoms with van der Waals surface area (Å²) in [6.45, 7) is 2.22. The Hall–Kier alpha value is -0.170. The van der Waals surface area contributed by atoms with Gasteiger partial charge in [0, 0.05) is 24.1 Å². The second-order valence-corrected chi connectivity index (χ2v) is 7.11. The largest absolute Gasteiger partial charge is 0.378 e.